The number of aryl methyl sites for hydroxylation is 1. The Morgan fingerprint density at radius 2 is 2.05 bits per heavy atom. The molecule has 1 fully saturated rings. The minimum absolute atomic E-state index is 0.900. The molecule has 0 amide bonds. The molecule has 0 atom stereocenters. The lowest BCUT2D eigenvalue weighted by molar-refractivity contribution is 0.211. The summed E-state index contributed by atoms with van der Waals surface area (Å²) >= 11 is 0. The molecule has 1 heterocycles. The average Bonchev–Trinajstić information content (AvgIpc) is 2.46. The van der Waals surface area contributed by atoms with Crippen LogP contribution in [0.25, 0.3) is 0 Å². The van der Waals surface area contributed by atoms with E-state index in [0.717, 1.165) is 24.8 Å². The van der Waals surface area contributed by atoms with E-state index in [0.29, 0.717) is 0 Å². The average molecular weight is 276 g/mol. The molecule has 3 heteroatoms. The molecule has 1 aliphatic rings. The Hall–Kier alpha value is -1.06. The number of piperidine rings is 1. The van der Waals surface area contributed by atoms with E-state index < -0.39 is 0 Å². The van der Waals surface area contributed by atoms with Crippen LogP contribution in [0.2, 0.25) is 0 Å². The van der Waals surface area contributed by atoms with E-state index in [1.807, 2.05) is 0 Å². The summed E-state index contributed by atoms with van der Waals surface area (Å²) < 4.78 is 5.41. The number of methoxy groups -OCH3 is 1. The Labute approximate surface area is 123 Å². The first-order chi connectivity index (χ1) is 9.69. The van der Waals surface area contributed by atoms with Gasteiger partial charge in [0.25, 0.3) is 0 Å². The lowest BCUT2D eigenvalue weighted by Gasteiger charge is -2.28. The van der Waals surface area contributed by atoms with Crippen LogP contribution in [-0.4, -0.2) is 38.7 Å². The number of likely N-dealkylation sites (tertiary alicyclic amines) is 1. The highest BCUT2D eigenvalue weighted by Crippen LogP contribution is 2.20. The quantitative estimate of drug-likeness (QED) is 0.809. The topological polar surface area (TPSA) is 24.5 Å². The molecule has 0 aliphatic carbocycles. The van der Waals surface area contributed by atoms with Gasteiger partial charge in [-0.2, -0.15) is 0 Å². The van der Waals surface area contributed by atoms with Crippen molar-refractivity contribution in [2.75, 3.05) is 33.8 Å². The zero-order valence-electron chi connectivity index (χ0n) is 13.1. The Kier molecular flexibility index (Phi) is 5.86. The third kappa shape index (κ3) is 4.50. The van der Waals surface area contributed by atoms with Crippen LogP contribution in [0.1, 0.15) is 30.4 Å². The summed E-state index contributed by atoms with van der Waals surface area (Å²) in [4.78, 5) is 2.43. The van der Waals surface area contributed by atoms with Crippen LogP contribution < -0.4 is 10.1 Å². The van der Waals surface area contributed by atoms with Crippen LogP contribution in [0.3, 0.4) is 0 Å². The lowest BCUT2D eigenvalue weighted by Crippen LogP contribution is -2.31. The van der Waals surface area contributed by atoms with Gasteiger partial charge in [-0.1, -0.05) is 17.7 Å². The number of benzene rings is 1. The van der Waals surface area contributed by atoms with Crippen molar-refractivity contribution in [2.24, 2.45) is 5.92 Å². The third-order valence-electron chi connectivity index (χ3n) is 4.32. The summed E-state index contributed by atoms with van der Waals surface area (Å²) in [7, 11) is 3.96. The maximum absolute atomic E-state index is 5.41. The van der Waals surface area contributed by atoms with Gasteiger partial charge in [0.2, 0.25) is 0 Å². The number of rotatable bonds is 6. The van der Waals surface area contributed by atoms with E-state index in [4.69, 9.17) is 4.74 Å². The molecule has 0 aromatic heterocycles. The molecule has 0 spiro atoms. The van der Waals surface area contributed by atoms with Crippen molar-refractivity contribution < 1.29 is 4.74 Å². The van der Waals surface area contributed by atoms with Gasteiger partial charge in [0.1, 0.15) is 5.75 Å². The molecule has 1 N–H and O–H groups in total. The normalized spacial score (nSPS) is 17.4. The van der Waals surface area contributed by atoms with Crippen LogP contribution >= 0.6 is 0 Å². The van der Waals surface area contributed by atoms with Crippen molar-refractivity contribution in [3.05, 3.63) is 29.3 Å². The van der Waals surface area contributed by atoms with E-state index >= 15 is 0 Å². The molecule has 1 aromatic carbocycles. The number of nitrogens with one attached hydrogen (secondary N) is 1. The maximum Gasteiger partial charge on any atom is 0.123 e. The summed E-state index contributed by atoms with van der Waals surface area (Å²) in [5.41, 5.74) is 2.55. The van der Waals surface area contributed by atoms with Gasteiger partial charge in [0, 0.05) is 12.1 Å². The SMILES string of the molecule is COc1ccc(C)cc1CNCCC1CCN(C)CC1. The first-order valence-electron chi connectivity index (χ1n) is 7.72. The van der Waals surface area contributed by atoms with Gasteiger partial charge in [-0.15, -0.1) is 0 Å². The number of hydrogen-bond donors (Lipinski definition) is 1. The van der Waals surface area contributed by atoms with Crippen molar-refractivity contribution in [2.45, 2.75) is 32.7 Å². The molecule has 1 aromatic rings. The van der Waals surface area contributed by atoms with Gasteiger partial charge in [-0.3, -0.25) is 0 Å². The summed E-state index contributed by atoms with van der Waals surface area (Å²) in [6.45, 7) is 6.65. The second-order valence-corrected chi connectivity index (χ2v) is 6.03. The summed E-state index contributed by atoms with van der Waals surface area (Å²) in [5.74, 6) is 1.89. The highest BCUT2D eigenvalue weighted by molar-refractivity contribution is 5.36. The first-order valence-corrected chi connectivity index (χ1v) is 7.72. The molecule has 0 saturated carbocycles. The van der Waals surface area contributed by atoms with Crippen molar-refractivity contribution in [3.8, 4) is 5.75 Å². The molecule has 1 aliphatic heterocycles. The van der Waals surface area contributed by atoms with Crippen molar-refractivity contribution >= 4 is 0 Å². The van der Waals surface area contributed by atoms with Crippen LogP contribution in [0, 0.1) is 12.8 Å². The van der Waals surface area contributed by atoms with Gasteiger partial charge >= 0.3 is 0 Å². The van der Waals surface area contributed by atoms with Crippen LogP contribution in [0.5, 0.6) is 5.75 Å². The minimum Gasteiger partial charge on any atom is -0.496 e. The smallest absolute Gasteiger partial charge is 0.123 e. The van der Waals surface area contributed by atoms with Crippen molar-refractivity contribution in [1.82, 2.24) is 10.2 Å². The fourth-order valence-electron chi connectivity index (χ4n) is 2.93. The molecule has 1 saturated heterocycles. The van der Waals surface area contributed by atoms with Gasteiger partial charge in [0.15, 0.2) is 0 Å². The number of nitrogens with zero attached hydrogens (tertiary/aromatic N) is 1. The van der Waals surface area contributed by atoms with Crippen molar-refractivity contribution in [1.29, 1.82) is 0 Å². The summed E-state index contributed by atoms with van der Waals surface area (Å²) in [6.07, 6.45) is 4.00. The van der Waals surface area contributed by atoms with E-state index in [9.17, 15) is 0 Å². The van der Waals surface area contributed by atoms with Gasteiger partial charge in [-0.05, 0) is 64.9 Å². The fraction of sp³-hybridized carbons (Fsp3) is 0.647. The summed E-state index contributed by atoms with van der Waals surface area (Å²) in [5, 5.41) is 3.57. The highest BCUT2D eigenvalue weighted by atomic mass is 16.5. The van der Waals surface area contributed by atoms with E-state index in [1.54, 1.807) is 7.11 Å². The van der Waals surface area contributed by atoms with Crippen molar-refractivity contribution in [3.63, 3.8) is 0 Å². The first kappa shape index (κ1) is 15.3. The lowest BCUT2D eigenvalue weighted by atomic mass is 9.94. The Morgan fingerprint density at radius 3 is 2.75 bits per heavy atom. The molecule has 0 radical (unpaired) electrons. The largest absolute Gasteiger partial charge is 0.496 e. The molecule has 0 unspecified atom stereocenters. The standard InChI is InChI=1S/C17H28N2O/c1-14-4-5-17(20-3)16(12-14)13-18-9-6-15-7-10-19(2)11-8-15/h4-5,12,15,18H,6-11,13H2,1-3H3. The minimum atomic E-state index is 0.900. The molecule has 0 bridgehead atoms. The van der Waals surface area contributed by atoms with E-state index in [1.165, 1.54) is 43.5 Å². The predicted octanol–water partition coefficient (Wildman–Crippen LogP) is 2.83. The number of hydrogen-bond acceptors (Lipinski definition) is 3. The molecule has 20 heavy (non-hydrogen) atoms. The molecule has 112 valence electrons. The number of ether oxygens (including phenoxy) is 1. The van der Waals surface area contributed by atoms with Gasteiger partial charge in [0.05, 0.1) is 7.11 Å². The van der Waals surface area contributed by atoms with Crippen LogP contribution in [-0.2, 0) is 6.54 Å². The van der Waals surface area contributed by atoms with Gasteiger partial charge < -0.3 is 15.0 Å². The molecular formula is C17H28N2O. The zero-order chi connectivity index (χ0) is 14.4. The van der Waals surface area contributed by atoms with Gasteiger partial charge in [-0.25, -0.2) is 0 Å². The van der Waals surface area contributed by atoms with Crippen LogP contribution in [0.15, 0.2) is 18.2 Å². The Bertz CT molecular complexity index is 411. The predicted molar refractivity (Wildman–Crippen MR) is 84.3 cm³/mol. The maximum atomic E-state index is 5.41. The molecule has 3 nitrogen and oxygen atoms in total. The highest BCUT2D eigenvalue weighted by Gasteiger charge is 2.15. The second kappa shape index (κ2) is 7.65. The molecule has 2 rings (SSSR count). The van der Waals surface area contributed by atoms with E-state index in [-0.39, 0.29) is 0 Å². The van der Waals surface area contributed by atoms with Crippen LogP contribution in [0.4, 0.5) is 0 Å². The summed E-state index contributed by atoms with van der Waals surface area (Å²) in [6, 6.07) is 6.37. The molecular weight excluding hydrogens is 248 g/mol. The second-order valence-electron chi connectivity index (χ2n) is 6.03. The van der Waals surface area contributed by atoms with E-state index in [2.05, 4.69) is 42.4 Å². The third-order valence-corrected chi connectivity index (χ3v) is 4.32. The zero-order valence-corrected chi connectivity index (χ0v) is 13.1. The fourth-order valence-corrected chi connectivity index (χ4v) is 2.93. The Morgan fingerprint density at radius 1 is 1.30 bits per heavy atom. The monoisotopic (exact) mass is 276 g/mol. The Balaban J connectivity index is 1.72.